The molecule has 1 amide bonds. The number of benzene rings is 5. The average molecular weight is 944 g/mol. The number of unbranched alkanes of at least 4 members (excludes halogenated alkanes) is 2. The molecule has 0 aromatic heterocycles. The van der Waals surface area contributed by atoms with Crippen molar-refractivity contribution in [2.24, 2.45) is 22.9 Å². The molecule has 4 aliphatic rings. The van der Waals surface area contributed by atoms with Gasteiger partial charge in [0.1, 0.15) is 36.2 Å². The number of nitrogens with zero attached hydrogens (tertiary/aromatic N) is 3. The van der Waals surface area contributed by atoms with E-state index in [1.165, 1.54) is 0 Å². The first-order valence-corrected chi connectivity index (χ1v) is 24.0. The van der Waals surface area contributed by atoms with Gasteiger partial charge in [0, 0.05) is 48.8 Å². The molecule has 70 heavy (non-hydrogen) atoms. The topological polar surface area (TPSA) is 169 Å². The third-order valence-corrected chi connectivity index (χ3v) is 13.8. The lowest BCUT2D eigenvalue weighted by molar-refractivity contribution is -0.255. The van der Waals surface area contributed by atoms with Crippen LogP contribution in [0.4, 0.5) is 0 Å². The number of ether oxygens (including phenoxy) is 5. The van der Waals surface area contributed by atoms with Crippen LogP contribution in [0.15, 0.2) is 145 Å². The van der Waals surface area contributed by atoms with Gasteiger partial charge in [-0.2, -0.15) is 5.26 Å². The van der Waals surface area contributed by atoms with E-state index in [-0.39, 0.29) is 69.8 Å². The number of fused-ring (bicyclic) bond motifs is 3. The molecule has 2 aliphatic carbocycles. The highest BCUT2D eigenvalue weighted by Crippen LogP contribution is 2.62. The standard InChI is InChI=1S/C57H57N3O10/c1-2-27-67-57-53(60(56(64)42-20-17-38(33-58)18-21-42)34-40-19-23-51-52(29-40)66-37-65-51)32-49(59-68-36-39-11-4-3-5-12-39)47-30-43(14-6-8-25-61)46(16-7-9-26-62)54(55(47)57)48-31-45(22-24-50(48)70-57)69-44-15-10-13-41(28-44)35-63/h2-5,10-13,15,17-24,28-31,35,43,46,53-55,61-62H,1,6-9,14,16,25-27,32,34,36-37H2. The largest absolute Gasteiger partial charge is 0.459 e. The van der Waals surface area contributed by atoms with Crippen molar-refractivity contribution in [1.29, 1.82) is 5.26 Å². The van der Waals surface area contributed by atoms with Crippen LogP contribution in [0.5, 0.6) is 28.7 Å². The lowest BCUT2D eigenvalue weighted by atomic mass is 9.55. The van der Waals surface area contributed by atoms with Crippen molar-refractivity contribution in [2.45, 2.75) is 75.8 Å². The molecule has 0 radical (unpaired) electrons. The molecule has 13 nitrogen and oxygen atoms in total. The molecule has 13 heteroatoms. The van der Waals surface area contributed by atoms with Crippen LogP contribution in [-0.2, 0) is 22.7 Å². The number of oxime groups is 1. The maximum absolute atomic E-state index is 15.6. The van der Waals surface area contributed by atoms with Crippen LogP contribution in [0.2, 0.25) is 0 Å². The number of aldehydes is 1. The minimum atomic E-state index is -1.55. The molecule has 5 aromatic rings. The van der Waals surface area contributed by atoms with E-state index in [0.717, 1.165) is 54.2 Å². The molecule has 0 saturated heterocycles. The monoisotopic (exact) mass is 943 g/mol. The second-order valence-electron chi connectivity index (χ2n) is 18.1. The van der Waals surface area contributed by atoms with E-state index in [0.29, 0.717) is 64.0 Å². The van der Waals surface area contributed by atoms with Gasteiger partial charge in [-0.15, -0.1) is 6.58 Å². The number of aliphatic hydroxyl groups excluding tert-OH is 2. The lowest BCUT2D eigenvalue weighted by Crippen LogP contribution is -2.70. The number of aliphatic hydroxyl groups is 2. The van der Waals surface area contributed by atoms with Gasteiger partial charge >= 0.3 is 0 Å². The second kappa shape index (κ2) is 22.0. The van der Waals surface area contributed by atoms with E-state index in [1.54, 1.807) is 59.5 Å². The number of carbonyl (C=O) groups excluding carboxylic acids is 2. The zero-order valence-electron chi connectivity index (χ0n) is 39.0. The third kappa shape index (κ3) is 10.1. The van der Waals surface area contributed by atoms with Gasteiger partial charge in [0.2, 0.25) is 12.6 Å². The molecule has 1 saturated carbocycles. The van der Waals surface area contributed by atoms with Crippen LogP contribution in [0.3, 0.4) is 0 Å². The van der Waals surface area contributed by atoms with Crippen LogP contribution in [-0.4, -0.2) is 71.5 Å². The van der Waals surface area contributed by atoms with Gasteiger partial charge in [-0.05, 0) is 121 Å². The highest BCUT2D eigenvalue weighted by Gasteiger charge is 2.65. The molecule has 2 aliphatic heterocycles. The van der Waals surface area contributed by atoms with Crippen LogP contribution < -0.4 is 18.9 Å². The molecule has 0 spiro atoms. The number of hydrogen-bond acceptors (Lipinski definition) is 12. The Balaban J connectivity index is 1.26. The van der Waals surface area contributed by atoms with Gasteiger partial charge in [0.15, 0.2) is 11.5 Å². The maximum atomic E-state index is 15.6. The molecule has 0 bridgehead atoms. The van der Waals surface area contributed by atoms with E-state index < -0.39 is 17.7 Å². The minimum absolute atomic E-state index is 0.000662. The summed E-state index contributed by atoms with van der Waals surface area (Å²) in [6.07, 6.45) is 9.21. The summed E-state index contributed by atoms with van der Waals surface area (Å²) in [5.74, 6) is -0.0625. The SMILES string of the molecule is C=CCOC12Oc3ccc(Oc4cccc(C=O)c4)cc3C3C(CCCCO)C(CCCCO)C=C(C(=NOCc4ccccc4)CC1N(Cc1ccc4c(c1)OCO4)C(=O)c1ccc(C#N)cc1)C32. The first kappa shape index (κ1) is 47.8. The van der Waals surface area contributed by atoms with E-state index in [1.807, 2.05) is 66.7 Å². The second-order valence-corrected chi connectivity index (χ2v) is 18.1. The minimum Gasteiger partial charge on any atom is -0.459 e. The Morgan fingerprint density at radius 3 is 2.40 bits per heavy atom. The fraction of sp³-hybridized carbons (Fsp3) is 0.333. The third-order valence-electron chi connectivity index (χ3n) is 13.8. The van der Waals surface area contributed by atoms with Gasteiger partial charge in [-0.25, -0.2) is 0 Å². The van der Waals surface area contributed by atoms with Gasteiger partial charge in [-0.3, -0.25) is 9.59 Å². The Morgan fingerprint density at radius 1 is 0.857 bits per heavy atom. The Labute approximate surface area is 408 Å². The normalized spacial score (nSPS) is 22.1. The van der Waals surface area contributed by atoms with Crippen molar-refractivity contribution in [3.8, 4) is 34.8 Å². The number of carbonyl (C=O) groups is 2. The lowest BCUT2D eigenvalue weighted by Gasteiger charge is -2.60. The summed E-state index contributed by atoms with van der Waals surface area (Å²) in [6, 6.07) is 36.1. The summed E-state index contributed by atoms with van der Waals surface area (Å²) in [5, 5.41) is 34.9. The summed E-state index contributed by atoms with van der Waals surface area (Å²) in [7, 11) is 0. The molecule has 360 valence electrons. The fourth-order valence-electron chi connectivity index (χ4n) is 10.7. The highest BCUT2D eigenvalue weighted by molar-refractivity contribution is 6.03. The molecule has 9 rings (SSSR count). The van der Waals surface area contributed by atoms with Gasteiger partial charge < -0.3 is 43.6 Å². The van der Waals surface area contributed by atoms with Gasteiger partial charge in [-0.1, -0.05) is 78.7 Å². The number of rotatable bonds is 21. The Hall–Kier alpha value is -7.24. The van der Waals surface area contributed by atoms with Crippen LogP contribution >= 0.6 is 0 Å². The predicted molar refractivity (Wildman–Crippen MR) is 262 cm³/mol. The fourth-order valence-corrected chi connectivity index (χ4v) is 10.7. The highest BCUT2D eigenvalue weighted by atomic mass is 16.7. The molecule has 1 fully saturated rings. The molecule has 5 aromatic carbocycles. The molecular formula is C57H57N3O10. The smallest absolute Gasteiger partial charge is 0.254 e. The summed E-state index contributed by atoms with van der Waals surface area (Å²) in [4.78, 5) is 35.4. The quantitative estimate of drug-likeness (QED) is 0.0311. The van der Waals surface area contributed by atoms with Gasteiger partial charge in [0.05, 0.1) is 29.9 Å². The van der Waals surface area contributed by atoms with E-state index in [4.69, 9.17) is 33.7 Å². The zero-order chi connectivity index (χ0) is 48.5. The number of allylic oxidation sites excluding steroid dienone is 1. The van der Waals surface area contributed by atoms with Crippen molar-refractivity contribution in [3.05, 3.63) is 173 Å². The van der Waals surface area contributed by atoms with Crippen molar-refractivity contribution in [3.63, 3.8) is 0 Å². The molecular weight excluding hydrogens is 887 g/mol. The molecule has 2 heterocycles. The summed E-state index contributed by atoms with van der Waals surface area (Å²) < 4.78 is 32.7. The van der Waals surface area contributed by atoms with E-state index in [9.17, 15) is 20.3 Å². The summed E-state index contributed by atoms with van der Waals surface area (Å²) >= 11 is 0. The predicted octanol–water partition coefficient (Wildman–Crippen LogP) is 10.1. The van der Waals surface area contributed by atoms with Crippen molar-refractivity contribution in [2.75, 3.05) is 26.6 Å². The number of hydrogen-bond donors (Lipinski definition) is 2. The zero-order valence-corrected chi connectivity index (χ0v) is 39.0. The van der Waals surface area contributed by atoms with E-state index >= 15 is 4.79 Å². The Morgan fingerprint density at radius 2 is 1.63 bits per heavy atom. The summed E-state index contributed by atoms with van der Waals surface area (Å²) in [5.41, 5.74) is 5.37. The first-order valence-electron chi connectivity index (χ1n) is 24.0. The average Bonchev–Trinajstić information content (AvgIpc) is 3.87. The maximum Gasteiger partial charge on any atom is 0.254 e. The first-order chi connectivity index (χ1) is 34.4. The molecule has 6 atom stereocenters. The summed E-state index contributed by atoms with van der Waals surface area (Å²) in [6.45, 7) is 4.65. The van der Waals surface area contributed by atoms with Crippen molar-refractivity contribution < 1.29 is 48.3 Å². The van der Waals surface area contributed by atoms with Crippen molar-refractivity contribution in [1.82, 2.24) is 4.90 Å². The van der Waals surface area contributed by atoms with Crippen LogP contribution in [0.1, 0.15) is 93.8 Å². The van der Waals surface area contributed by atoms with Crippen LogP contribution in [0.25, 0.3) is 0 Å². The number of amides is 1. The van der Waals surface area contributed by atoms with Gasteiger partial charge in [0.25, 0.3) is 5.91 Å². The van der Waals surface area contributed by atoms with Crippen LogP contribution in [0, 0.1) is 29.1 Å². The number of nitriles is 1. The Bertz CT molecular complexity index is 2770. The Kier molecular flexibility index (Phi) is 15.0. The van der Waals surface area contributed by atoms with E-state index in [2.05, 4.69) is 18.7 Å². The van der Waals surface area contributed by atoms with Crippen molar-refractivity contribution >= 4 is 17.9 Å². The molecule has 6 unspecified atom stereocenters. The molecule has 2 N–H and O–H groups in total.